The highest BCUT2D eigenvalue weighted by Crippen LogP contribution is 2.24. The predicted molar refractivity (Wildman–Crippen MR) is 107 cm³/mol. The van der Waals surface area contributed by atoms with Crippen LogP contribution in [-0.2, 0) is 16.0 Å². The number of nitrogens with zero attached hydrogens (tertiary/aromatic N) is 5. The van der Waals surface area contributed by atoms with Crippen LogP contribution in [0.25, 0.3) is 5.52 Å². The molecule has 29 heavy (non-hydrogen) atoms. The number of amides is 2. The van der Waals surface area contributed by atoms with Crippen LogP contribution in [0.3, 0.4) is 0 Å². The first-order valence-electron chi connectivity index (χ1n) is 8.86. The first-order chi connectivity index (χ1) is 13.9. The molecule has 0 spiro atoms. The van der Waals surface area contributed by atoms with Crippen LogP contribution >= 0.6 is 15.9 Å². The third kappa shape index (κ3) is 3.90. The number of pyridine rings is 1. The summed E-state index contributed by atoms with van der Waals surface area (Å²) in [5.74, 6) is -0.230. The summed E-state index contributed by atoms with van der Waals surface area (Å²) in [4.78, 5) is 34.9. The number of nitrogens with one attached hydrogen (secondary N) is 1. The molecule has 11 heteroatoms. The van der Waals surface area contributed by atoms with Crippen molar-refractivity contribution in [1.82, 2.24) is 24.5 Å². The number of likely N-dealkylation sites (tertiary alicyclic amines) is 1. The number of hydrogen-bond donors (Lipinski definition) is 2. The molecule has 0 aliphatic carbocycles. The maximum Gasteiger partial charge on any atom is 0.248 e. The van der Waals surface area contributed by atoms with E-state index in [1.807, 2.05) is 0 Å². The minimum absolute atomic E-state index is 0.0454. The van der Waals surface area contributed by atoms with Crippen LogP contribution in [0.4, 0.5) is 16.0 Å². The molecule has 9 nitrogen and oxygen atoms in total. The summed E-state index contributed by atoms with van der Waals surface area (Å²) in [6.45, 7) is -0.136. The molecule has 0 saturated carbocycles. The lowest BCUT2D eigenvalue weighted by atomic mass is 10.2. The van der Waals surface area contributed by atoms with E-state index in [4.69, 9.17) is 5.73 Å². The molecule has 3 aromatic rings. The molecule has 1 fully saturated rings. The number of rotatable bonds is 4. The second kappa shape index (κ2) is 7.74. The Morgan fingerprint density at radius 1 is 1.31 bits per heavy atom. The molecule has 1 aliphatic rings. The smallest absolute Gasteiger partial charge is 0.248 e. The maximum atomic E-state index is 14.1. The molecule has 0 bridgehead atoms. The van der Waals surface area contributed by atoms with Crippen molar-refractivity contribution in [3.8, 4) is 0 Å². The summed E-state index contributed by atoms with van der Waals surface area (Å²) in [5.41, 5.74) is 6.96. The molecule has 4 heterocycles. The predicted octanol–water partition coefficient (Wildman–Crippen LogP) is 1.59. The Balaban J connectivity index is 1.51. The number of aromatic nitrogens is 4. The molecule has 4 rings (SSSR count). The van der Waals surface area contributed by atoms with Crippen molar-refractivity contribution in [2.45, 2.75) is 25.1 Å². The quantitative estimate of drug-likeness (QED) is 0.569. The first-order valence-corrected chi connectivity index (χ1v) is 9.65. The van der Waals surface area contributed by atoms with E-state index < -0.39 is 18.1 Å². The van der Waals surface area contributed by atoms with E-state index in [-0.39, 0.29) is 25.3 Å². The van der Waals surface area contributed by atoms with E-state index in [9.17, 15) is 14.0 Å². The Hall–Kier alpha value is -3.08. The van der Waals surface area contributed by atoms with Gasteiger partial charge in [0.1, 0.15) is 34.5 Å². The van der Waals surface area contributed by atoms with Gasteiger partial charge in [-0.2, -0.15) is 5.10 Å². The topological polar surface area (TPSA) is 119 Å². The lowest BCUT2D eigenvalue weighted by molar-refractivity contribution is -0.136. The zero-order valence-electron chi connectivity index (χ0n) is 15.1. The van der Waals surface area contributed by atoms with Crippen molar-refractivity contribution in [2.75, 3.05) is 17.6 Å². The van der Waals surface area contributed by atoms with Gasteiger partial charge in [-0.1, -0.05) is 6.07 Å². The Labute approximate surface area is 173 Å². The average Bonchev–Trinajstić information content (AvgIpc) is 3.26. The fourth-order valence-electron chi connectivity index (χ4n) is 3.39. The van der Waals surface area contributed by atoms with Crippen LogP contribution in [0.1, 0.15) is 12.1 Å². The average molecular weight is 462 g/mol. The lowest BCUT2D eigenvalue weighted by Gasteiger charge is -2.23. The van der Waals surface area contributed by atoms with Crippen LogP contribution in [0, 0.1) is 0 Å². The summed E-state index contributed by atoms with van der Waals surface area (Å²) in [7, 11) is 0. The number of alkyl halides is 1. The highest BCUT2D eigenvalue weighted by atomic mass is 79.9. The van der Waals surface area contributed by atoms with Crippen LogP contribution in [-0.4, -0.2) is 55.1 Å². The largest absolute Gasteiger partial charge is 0.382 e. The molecule has 1 saturated heterocycles. The number of fused-ring (bicyclic) bond motifs is 1. The Kier molecular flexibility index (Phi) is 5.14. The highest BCUT2D eigenvalue weighted by molar-refractivity contribution is 9.10. The lowest BCUT2D eigenvalue weighted by Crippen LogP contribution is -2.44. The van der Waals surface area contributed by atoms with Gasteiger partial charge in [-0.25, -0.2) is 18.9 Å². The van der Waals surface area contributed by atoms with Crippen molar-refractivity contribution in [2.24, 2.45) is 0 Å². The summed E-state index contributed by atoms with van der Waals surface area (Å²) in [6.07, 6.45) is -0.0798. The molecule has 3 aromatic heterocycles. The van der Waals surface area contributed by atoms with Gasteiger partial charge in [-0.05, 0) is 40.2 Å². The van der Waals surface area contributed by atoms with E-state index in [0.717, 1.165) is 0 Å². The van der Waals surface area contributed by atoms with Crippen LogP contribution in [0.15, 0.2) is 41.3 Å². The SMILES string of the molecule is Nc1ncnn2c(CC(=O)N3C[C@H](F)C[C@H]3C(=O)Nc3cccc(Br)n3)ccc12. The van der Waals surface area contributed by atoms with Crippen molar-refractivity contribution < 1.29 is 14.0 Å². The van der Waals surface area contributed by atoms with Gasteiger partial charge < -0.3 is 16.0 Å². The molecule has 0 radical (unpaired) electrons. The molecule has 0 unspecified atom stereocenters. The second-order valence-electron chi connectivity index (χ2n) is 6.67. The number of carbonyl (C=O) groups is 2. The Bertz CT molecular complexity index is 1090. The number of nitrogen functional groups attached to an aromatic ring is 1. The number of anilines is 2. The van der Waals surface area contributed by atoms with Crippen molar-refractivity contribution in [1.29, 1.82) is 0 Å². The minimum atomic E-state index is -1.27. The summed E-state index contributed by atoms with van der Waals surface area (Å²) in [6, 6.07) is 7.56. The third-order valence-electron chi connectivity index (χ3n) is 4.73. The number of halogens is 2. The molecular formula is C18H17BrFN7O2. The summed E-state index contributed by atoms with van der Waals surface area (Å²) in [5, 5.41) is 6.75. The fourth-order valence-corrected chi connectivity index (χ4v) is 3.74. The number of hydrogen-bond acceptors (Lipinski definition) is 6. The fraction of sp³-hybridized carbons (Fsp3) is 0.278. The zero-order valence-corrected chi connectivity index (χ0v) is 16.7. The molecule has 3 N–H and O–H groups in total. The van der Waals surface area contributed by atoms with E-state index in [2.05, 4.69) is 36.3 Å². The van der Waals surface area contributed by atoms with Crippen LogP contribution in [0.5, 0.6) is 0 Å². The number of nitrogens with two attached hydrogens (primary N) is 1. The monoisotopic (exact) mass is 461 g/mol. The van der Waals surface area contributed by atoms with E-state index in [0.29, 0.717) is 27.4 Å². The van der Waals surface area contributed by atoms with Gasteiger partial charge in [0.25, 0.3) is 0 Å². The van der Waals surface area contributed by atoms with Gasteiger partial charge in [0, 0.05) is 6.42 Å². The summed E-state index contributed by atoms with van der Waals surface area (Å²) >= 11 is 3.23. The molecule has 150 valence electrons. The van der Waals surface area contributed by atoms with Crippen molar-refractivity contribution in [3.63, 3.8) is 0 Å². The van der Waals surface area contributed by atoms with Crippen LogP contribution in [0.2, 0.25) is 0 Å². The molecule has 2 atom stereocenters. The van der Waals surface area contributed by atoms with Crippen LogP contribution < -0.4 is 11.1 Å². The summed E-state index contributed by atoms with van der Waals surface area (Å²) < 4.78 is 16.2. The van der Waals surface area contributed by atoms with Gasteiger partial charge >= 0.3 is 0 Å². The maximum absolute atomic E-state index is 14.1. The van der Waals surface area contributed by atoms with E-state index in [1.54, 1.807) is 30.3 Å². The van der Waals surface area contributed by atoms with Gasteiger partial charge in [0.05, 0.1) is 18.7 Å². The molecular weight excluding hydrogens is 445 g/mol. The first kappa shape index (κ1) is 19.2. The van der Waals surface area contributed by atoms with E-state index >= 15 is 0 Å². The van der Waals surface area contributed by atoms with Crippen molar-refractivity contribution in [3.05, 3.63) is 47.0 Å². The van der Waals surface area contributed by atoms with Gasteiger partial charge in [-0.15, -0.1) is 0 Å². The molecule has 2 amide bonds. The Morgan fingerprint density at radius 2 is 2.14 bits per heavy atom. The van der Waals surface area contributed by atoms with Gasteiger partial charge in [0.2, 0.25) is 11.8 Å². The Morgan fingerprint density at radius 3 is 2.93 bits per heavy atom. The number of carbonyl (C=O) groups excluding carboxylic acids is 2. The highest BCUT2D eigenvalue weighted by Gasteiger charge is 2.40. The van der Waals surface area contributed by atoms with Gasteiger partial charge in [-0.3, -0.25) is 9.59 Å². The standard InChI is InChI=1S/C18H17BrFN7O2/c19-14-2-1-3-15(24-14)25-18(29)13-6-10(20)8-26(13)16(28)7-11-4-5-12-17(21)22-9-23-27(11)12/h1-5,9-10,13H,6-8H2,(H2,21,22,23)(H,24,25,29)/t10-,13+/m1/s1. The zero-order chi connectivity index (χ0) is 20.5. The molecule has 0 aromatic carbocycles. The third-order valence-corrected chi connectivity index (χ3v) is 5.17. The molecule has 1 aliphatic heterocycles. The van der Waals surface area contributed by atoms with E-state index in [1.165, 1.54) is 15.7 Å². The van der Waals surface area contributed by atoms with Gasteiger partial charge in [0.15, 0.2) is 5.82 Å². The van der Waals surface area contributed by atoms with Crippen molar-refractivity contribution >= 4 is 44.9 Å². The normalized spacial score (nSPS) is 18.9. The second-order valence-corrected chi connectivity index (χ2v) is 7.49. The minimum Gasteiger partial charge on any atom is -0.382 e.